The summed E-state index contributed by atoms with van der Waals surface area (Å²) in [5.41, 5.74) is 7.23. The molecule has 0 aliphatic heterocycles. The van der Waals surface area contributed by atoms with Gasteiger partial charge in [0.25, 0.3) is 0 Å². The second kappa shape index (κ2) is 4.46. The van der Waals surface area contributed by atoms with Crippen molar-refractivity contribution in [3.8, 4) is 5.75 Å². The Balaban J connectivity index is 2.60. The standard InChI is InChI=1S/C13H17ClFNO/c1-8-11(15)10(14)7-9(12(8)17-2)13(16)5-3-4-6-13/h7H,3-6,16H2,1-2H3. The lowest BCUT2D eigenvalue weighted by Crippen LogP contribution is -2.33. The van der Waals surface area contributed by atoms with Crippen molar-refractivity contribution in [3.05, 3.63) is 28.0 Å². The van der Waals surface area contributed by atoms with Gasteiger partial charge in [-0.3, -0.25) is 0 Å². The molecule has 2 N–H and O–H groups in total. The van der Waals surface area contributed by atoms with Gasteiger partial charge in [0.15, 0.2) is 0 Å². The molecule has 1 fully saturated rings. The number of methoxy groups -OCH3 is 1. The average molecular weight is 258 g/mol. The van der Waals surface area contributed by atoms with Crippen LogP contribution in [0.2, 0.25) is 5.02 Å². The maximum Gasteiger partial charge on any atom is 0.148 e. The second-order valence-electron chi connectivity index (χ2n) is 4.74. The average Bonchev–Trinajstić information content (AvgIpc) is 2.74. The number of hydrogen-bond acceptors (Lipinski definition) is 2. The Hall–Kier alpha value is -0.800. The zero-order valence-electron chi connectivity index (χ0n) is 10.1. The molecule has 1 aromatic rings. The zero-order chi connectivity index (χ0) is 12.6. The molecule has 0 saturated heterocycles. The topological polar surface area (TPSA) is 35.2 Å². The van der Waals surface area contributed by atoms with Gasteiger partial charge < -0.3 is 10.5 Å². The summed E-state index contributed by atoms with van der Waals surface area (Å²) in [6, 6.07) is 1.62. The summed E-state index contributed by atoms with van der Waals surface area (Å²) < 4.78 is 19.0. The van der Waals surface area contributed by atoms with E-state index >= 15 is 0 Å². The SMILES string of the molecule is COc1c(C2(N)CCCC2)cc(Cl)c(F)c1C. The molecule has 1 aliphatic carbocycles. The van der Waals surface area contributed by atoms with E-state index in [1.807, 2.05) is 0 Å². The fourth-order valence-electron chi connectivity index (χ4n) is 2.64. The van der Waals surface area contributed by atoms with Crippen LogP contribution in [-0.2, 0) is 5.54 Å². The molecule has 1 aromatic carbocycles. The first kappa shape index (κ1) is 12.7. The molecule has 0 heterocycles. The maximum atomic E-state index is 13.7. The molecule has 0 bridgehead atoms. The van der Waals surface area contributed by atoms with Gasteiger partial charge >= 0.3 is 0 Å². The summed E-state index contributed by atoms with van der Waals surface area (Å²) in [5, 5.41) is 0.120. The van der Waals surface area contributed by atoms with Crippen molar-refractivity contribution in [1.29, 1.82) is 0 Å². The van der Waals surface area contributed by atoms with Crippen molar-refractivity contribution >= 4 is 11.6 Å². The van der Waals surface area contributed by atoms with Gasteiger partial charge in [-0.05, 0) is 25.8 Å². The number of hydrogen-bond donors (Lipinski definition) is 1. The molecule has 0 aromatic heterocycles. The molecule has 1 aliphatic rings. The van der Waals surface area contributed by atoms with E-state index in [0.717, 1.165) is 31.2 Å². The number of halogens is 2. The number of benzene rings is 1. The molecular weight excluding hydrogens is 241 g/mol. The Labute approximate surface area is 106 Å². The smallest absolute Gasteiger partial charge is 0.148 e. The first-order valence-corrected chi connectivity index (χ1v) is 6.19. The quantitative estimate of drug-likeness (QED) is 0.880. The van der Waals surface area contributed by atoms with Crippen molar-refractivity contribution in [1.82, 2.24) is 0 Å². The molecule has 17 heavy (non-hydrogen) atoms. The summed E-state index contributed by atoms with van der Waals surface area (Å²) in [6.45, 7) is 1.67. The highest BCUT2D eigenvalue weighted by atomic mass is 35.5. The van der Waals surface area contributed by atoms with E-state index in [1.165, 1.54) is 7.11 Å². The van der Waals surface area contributed by atoms with Gasteiger partial charge in [0.2, 0.25) is 0 Å². The summed E-state index contributed by atoms with van der Waals surface area (Å²) >= 11 is 5.90. The molecule has 0 unspecified atom stereocenters. The summed E-state index contributed by atoms with van der Waals surface area (Å²) in [7, 11) is 1.54. The van der Waals surface area contributed by atoms with Gasteiger partial charge in [-0.1, -0.05) is 24.4 Å². The van der Waals surface area contributed by atoms with Crippen LogP contribution in [0, 0.1) is 12.7 Å². The molecule has 1 saturated carbocycles. The molecule has 0 radical (unpaired) electrons. The van der Waals surface area contributed by atoms with Crippen LogP contribution in [0.5, 0.6) is 5.75 Å². The lowest BCUT2D eigenvalue weighted by molar-refractivity contribution is 0.373. The van der Waals surface area contributed by atoms with Crippen molar-refractivity contribution in [3.63, 3.8) is 0 Å². The Kier molecular flexibility index (Phi) is 3.32. The third kappa shape index (κ3) is 2.02. The first-order chi connectivity index (χ1) is 7.99. The van der Waals surface area contributed by atoms with Gasteiger partial charge in [-0.2, -0.15) is 0 Å². The highest BCUT2D eigenvalue weighted by Gasteiger charge is 2.35. The molecule has 4 heteroatoms. The molecule has 2 rings (SSSR count). The fraction of sp³-hybridized carbons (Fsp3) is 0.538. The largest absolute Gasteiger partial charge is 0.496 e. The van der Waals surface area contributed by atoms with Crippen molar-refractivity contribution in [2.75, 3.05) is 7.11 Å². The molecule has 0 atom stereocenters. The van der Waals surface area contributed by atoms with Crippen LogP contribution in [0.4, 0.5) is 4.39 Å². The minimum absolute atomic E-state index is 0.120. The third-order valence-electron chi connectivity index (χ3n) is 3.63. The molecule has 0 spiro atoms. The van der Waals surface area contributed by atoms with Gasteiger partial charge in [-0.25, -0.2) is 4.39 Å². The van der Waals surface area contributed by atoms with Gasteiger partial charge in [0.05, 0.1) is 12.1 Å². The molecule has 2 nitrogen and oxygen atoms in total. The Bertz CT molecular complexity index is 442. The summed E-state index contributed by atoms with van der Waals surface area (Å²) in [6.07, 6.45) is 3.97. The second-order valence-corrected chi connectivity index (χ2v) is 5.15. The third-order valence-corrected chi connectivity index (χ3v) is 3.91. The Morgan fingerprint density at radius 2 is 2.00 bits per heavy atom. The maximum absolute atomic E-state index is 13.7. The van der Waals surface area contributed by atoms with E-state index in [-0.39, 0.29) is 5.02 Å². The van der Waals surface area contributed by atoms with Crippen LogP contribution >= 0.6 is 11.6 Å². The van der Waals surface area contributed by atoms with Crippen molar-refractivity contribution in [2.45, 2.75) is 38.1 Å². The minimum Gasteiger partial charge on any atom is -0.496 e. The number of nitrogens with two attached hydrogens (primary N) is 1. The van der Waals surface area contributed by atoms with Gasteiger partial charge in [-0.15, -0.1) is 0 Å². The van der Waals surface area contributed by atoms with E-state index in [2.05, 4.69) is 0 Å². The van der Waals surface area contributed by atoms with Crippen LogP contribution in [-0.4, -0.2) is 7.11 Å². The Morgan fingerprint density at radius 1 is 1.41 bits per heavy atom. The van der Waals surface area contributed by atoms with Crippen LogP contribution in [0.3, 0.4) is 0 Å². The number of rotatable bonds is 2. The highest BCUT2D eigenvalue weighted by molar-refractivity contribution is 6.31. The van der Waals surface area contributed by atoms with Crippen LogP contribution in [0.25, 0.3) is 0 Å². The van der Waals surface area contributed by atoms with Crippen molar-refractivity contribution in [2.24, 2.45) is 5.73 Å². The minimum atomic E-state index is -0.423. The molecule has 0 amide bonds. The van der Waals surface area contributed by atoms with E-state index in [1.54, 1.807) is 13.0 Å². The van der Waals surface area contributed by atoms with Gasteiger partial charge in [0.1, 0.15) is 11.6 Å². The normalized spacial score (nSPS) is 18.4. The van der Waals surface area contributed by atoms with Crippen LogP contribution in [0.1, 0.15) is 36.8 Å². The van der Waals surface area contributed by atoms with E-state index in [4.69, 9.17) is 22.1 Å². The van der Waals surface area contributed by atoms with Gasteiger partial charge in [0, 0.05) is 16.7 Å². The fourth-order valence-corrected chi connectivity index (χ4v) is 2.90. The summed E-state index contributed by atoms with van der Waals surface area (Å²) in [5.74, 6) is 0.116. The van der Waals surface area contributed by atoms with E-state index in [0.29, 0.717) is 11.3 Å². The Morgan fingerprint density at radius 3 is 2.53 bits per heavy atom. The van der Waals surface area contributed by atoms with E-state index < -0.39 is 11.4 Å². The monoisotopic (exact) mass is 257 g/mol. The summed E-state index contributed by atoms with van der Waals surface area (Å²) in [4.78, 5) is 0. The van der Waals surface area contributed by atoms with Crippen LogP contribution < -0.4 is 10.5 Å². The first-order valence-electron chi connectivity index (χ1n) is 5.81. The van der Waals surface area contributed by atoms with Crippen molar-refractivity contribution < 1.29 is 9.13 Å². The van der Waals surface area contributed by atoms with E-state index in [9.17, 15) is 4.39 Å². The highest BCUT2D eigenvalue weighted by Crippen LogP contribution is 2.43. The van der Waals surface area contributed by atoms with Crippen LogP contribution in [0.15, 0.2) is 6.07 Å². The lowest BCUT2D eigenvalue weighted by Gasteiger charge is -2.27. The lowest BCUT2D eigenvalue weighted by atomic mass is 9.87. The molecule has 94 valence electrons. The zero-order valence-corrected chi connectivity index (χ0v) is 10.9. The predicted octanol–water partition coefficient (Wildman–Crippen LogP) is 3.52. The number of ether oxygens (including phenoxy) is 1. The molecular formula is C13H17ClFNO. The predicted molar refractivity (Wildman–Crippen MR) is 67.0 cm³/mol.